The van der Waals surface area contributed by atoms with Crippen molar-refractivity contribution < 1.29 is 14.3 Å². The summed E-state index contributed by atoms with van der Waals surface area (Å²) in [6, 6.07) is 11.1. The van der Waals surface area contributed by atoms with Gasteiger partial charge in [-0.15, -0.1) is 0 Å². The number of hydrogen-bond donors (Lipinski definition) is 1. The summed E-state index contributed by atoms with van der Waals surface area (Å²) in [7, 11) is 0. The molecule has 0 atom stereocenters. The van der Waals surface area contributed by atoms with Crippen molar-refractivity contribution in [2.45, 2.75) is 0 Å². The van der Waals surface area contributed by atoms with Crippen LogP contribution in [0.1, 0.15) is 5.56 Å². The Morgan fingerprint density at radius 3 is 2.69 bits per heavy atom. The molecule has 0 bridgehead atoms. The minimum atomic E-state index is -0.964. The second kappa shape index (κ2) is 4.49. The molecule has 3 heteroatoms. The summed E-state index contributed by atoms with van der Waals surface area (Å²) in [5, 5.41) is 8.59. The summed E-state index contributed by atoms with van der Waals surface area (Å²) in [5.41, 5.74) is 1.70. The Kier molecular flexibility index (Phi) is 2.87. The third kappa shape index (κ3) is 2.20. The van der Waals surface area contributed by atoms with Crippen molar-refractivity contribution >= 4 is 12.0 Å². The lowest BCUT2D eigenvalue weighted by atomic mass is 10.1. The normalized spacial score (nSPS) is 10.8. The second-order valence-corrected chi connectivity index (χ2v) is 3.24. The first-order valence-electron chi connectivity index (χ1n) is 4.81. The summed E-state index contributed by atoms with van der Waals surface area (Å²) < 4.78 is 5.29. The predicted molar refractivity (Wildman–Crippen MR) is 60.8 cm³/mol. The fraction of sp³-hybridized carbons (Fsp3) is 0. The van der Waals surface area contributed by atoms with E-state index in [1.807, 2.05) is 30.3 Å². The molecule has 16 heavy (non-hydrogen) atoms. The topological polar surface area (TPSA) is 50.4 Å². The van der Waals surface area contributed by atoms with Crippen molar-refractivity contribution in [2.24, 2.45) is 0 Å². The van der Waals surface area contributed by atoms with Gasteiger partial charge in [0.2, 0.25) is 0 Å². The van der Waals surface area contributed by atoms with Gasteiger partial charge in [0.1, 0.15) is 5.76 Å². The number of carboxylic acids is 1. The van der Waals surface area contributed by atoms with Crippen LogP contribution in [-0.4, -0.2) is 11.1 Å². The Morgan fingerprint density at radius 1 is 1.19 bits per heavy atom. The lowest BCUT2D eigenvalue weighted by Crippen LogP contribution is -1.87. The molecule has 1 N–H and O–H groups in total. The van der Waals surface area contributed by atoms with E-state index in [4.69, 9.17) is 9.52 Å². The zero-order valence-electron chi connectivity index (χ0n) is 8.46. The molecule has 1 heterocycles. The molecule has 1 aromatic heterocycles. The van der Waals surface area contributed by atoms with E-state index in [1.165, 1.54) is 0 Å². The van der Waals surface area contributed by atoms with Crippen LogP contribution in [0.3, 0.4) is 0 Å². The van der Waals surface area contributed by atoms with E-state index in [2.05, 4.69) is 0 Å². The summed E-state index contributed by atoms with van der Waals surface area (Å²) >= 11 is 0. The molecule has 0 amide bonds. The number of hydrogen-bond acceptors (Lipinski definition) is 2. The van der Waals surface area contributed by atoms with E-state index in [0.717, 1.165) is 23.0 Å². The van der Waals surface area contributed by atoms with Gasteiger partial charge in [-0.2, -0.15) is 0 Å². The van der Waals surface area contributed by atoms with E-state index in [9.17, 15) is 4.79 Å². The van der Waals surface area contributed by atoms with E-state index in [-0.39, 0.29) is 0 Å². The zero-order chi connectivity index (χ0) is 11.4. The van der Waals surface area contributed by atoms with E-state index in [0.29, 0.717) is 0 Å². The first kappa shape index (κ1) is 10.2. The quantitative estimate of drug-likeness (QED) is 0.799. The average molecular weight is 214 g/mol. The molecule has 0 aliphatic heterocycles. The molecule has 3 nitrogen and oxygen atoms in total. The number of furan rings is 1. The standard InChI is InChI=1S/C13H10O3/c14-13(15)8-7-10-4-1-2-5-11(10)12-6-3-9-16-12/h1-9H,(H,14,15). The maximum Gasteiger partial charge on any atom is 0.328 e. The van der Waals surface area contributed by atoms with Gasteiger partial charge >= 0.3 is 5.97 Å². The molecule has 0 aliphatic rings. The van der Waals surface area contributed by atoms with Crippen molar-refractivity contribution in [3.05, 3.63) is 54.3 Å². The summed E-state index contributed by atoms with van der Waals surface area (Å²) in [5.74, 6) is -0.236. The first-order valence-corrected chi connectivity index (χ1v) is 4.81. The molecule has 0 fully saturated rings. The SMILES string of the molecule is O=C(O)C=Cc1ccccc1-c1ccco1. The van der Waals surface area contributed by atoms with Crippen LogP contribution in [0.4, 0.5) is 0 Å². The van der Waals surface area contributed by atoms with Crippen LogP contribution >= 0.6 is 0 Å². The Hall–Kier alpha value is -2.29. The van der Waals surface area contributed by atoms with Gasteiger partial charge in [-0.1, -0.05) is 24.3 Å². The predicted octanol–water partition coefficient (Wildman–Crippen LogP) is 3.04. The molecule has 0 saturated heterocycles. The van der Waals surface area contributed by atoms with Crippen molar-refractivity contribution in [2.75, 3.05) is 0 Å². The molecule has 0 unspecified atom stereocenters. The fourth-order valence-electron chi connectivity index (χ4n) is 1.46. The van der Waals surface area contributed by atoms with Gasteiger partial charge in [-0.05, 0) is 23.8 Å². The number of carboxylic acid groups (broad SMARTS) is 1. The highest BCUT2D eigenvalue weighted by molar-refractivity contribution is 5.87. The largest absolute Gasteiger partial charge is 0.478 e. The summed E-state index contributed by atoms with van der Waals surface area (Å²) in [6.45, 7) is 0. The molecule has 0 radical (unpaired) electrons. The lowest BCUT2D eigenvalue weighted by molar-refractivity contribution is -0.131. The molecule has 0 aliphatic carbocycles. The van der Waals surface area contributed by atoms with Crippen molar-refractivity contribution in [1.82, 2.24) is 0 Å². The highest BCUT2D eigenvalue weighted by Gasteiger charge is 2.04. The van der Waals surface area contributed by atoms with Gasteiger partial charge < -0.3 is 9.52 Å². The fourth-order valence-corrected chi connectivity index (χ4v) is 1.46. The van der Waals surface area contributed by atoms with E-state index >= 15 is 0 Å². The third-order valence-electron chi connectivity index (χ3n) is 2.15. The maximum atomic E-state index is 10.5. The van der Waals surface area contributed by atoms with Gasteiger partial charge in [-0.3, -0.25) is 0 Å². The molecule has 2 aromatic rings. The van der Waals surface area contributed by atoms with Gasteiger partial charge in [0.25, 0.3) is 0 Å². The second-order valence-electron chi connectivity index (χ2n) is 3.24. The van der Waals surface area contributed by atoms with Crippen LogP contribution in [0.25, 0.3) is 17.4 Å². The number of aliphatic carboxylic acids is 1. The Bertz CT molecular complexity index is 510. The van der Waals surface area contributed by atoms with Crippen molar-refractivity contribution in [1.29, 1.82) is 0 Å². The maximum absolute atomic E-state index is 10.5. The molecular formula is C13H10O3. The molecule has 0 spiro atoms. The van der Waals surface area contributed by atoms with Gasteiger partial charge in [0, 0.05) is 11.6 Å². The van der Waals surface area contributed by atoms with Crippen LogP contribution in [0.15, 0.2) is 53.2 Å². The Morgan fingerprint density at radius 2 is 2.00 bits per heavy atom. The molecule has 80 valence electrons. The van der Waals surface area contributed by atoms with Crippen LogP contribution < -0.4 is 0 Å². The average Bonchev–Trinajstić information content (AvgIpc) is 2.80. The van der Waals surface area contributed by atoms with Crippen LogP contribution in [0, 0.1) is 0 Å². The van der Waals surface area contributed by atoms with Crippen LogP contribution in [0.5, 0.6) is 0 Å². The van der Waals surface area contributed by atoms with Gasteiger partial charge in [-0.25, -0.2) is 4.79 Å². The smallest absolute Gasteiger partial charge is 0.328 e. The minimum absolute atomic E-state index is 0.727. The van der Waals surface area contributed by atoms with Crippen molar-refractivity contribution in [3.63, 3.8) is 0 Å². The lowest BCUT2D eigenvalue weighted by Gasteiger charge is -2.01. The number of rotatable bonds is 3. The molecule has 1 aromatic carbocycles. The monoisotopic (exact) mass is 214 g/mol. The highest BCUT2D eigenvalue weighted by Crippen LogP contribution is 2.24. The van der Waals surface area contributed by atoms with Crippen LogP contribution in [0.2, 0.25) is 0 Å². The molecule has 2 rings (SSSR count). The summed E-state index contributed by atoms with van der Waals surface area (Å²) in [4.78, 5) is 10.5. The van der Waals surface area contributed by atoms with Gasteiger partial charge in [0.15, 0.2) is 0 Å². The van der Waals surface area contributed by atoms with E-state index in [1.54, 1.807) is 18.4 Å². The van der Waals surface area contributed by atoms with E-state index < -0.39 is 5.97 Å². The Labute approximate surface area is 92.6 Å². The third-order valence-corrected chi connectivity index (χ3v) is 2.15. The minimum Gasteiger partial charge on any atom is -0.478 e. The molecule has 0 saturated carbocycles. The van der Waals surface area contributed by atoms with Gasteiger partial charge in [0.05, 0.1) is 6.26 Å². The zero-order valence-corrected chi connectivity index (χ0v) is 8.46. The first-order chi connectivity index (χ1) is 7.77. The Balaban J connectivity index is 2.42. The van der Waals surface area contributed by atoms with Crippen LogP contribution in [-0.2, 0) is 4.79 Å². The highest BCUT2D eigenvalue weighted by atomic mass is 16.4. The number of benzene rings is 1. The number of carbonyl (C=O) groups is 1. The summed E-state index contributed by atoms with van der Waals surface area (Å²) in [6.07, 6.45) is 4.26. The molecular weight excluding hydrogens is 204 g/mol. The van der Waals surface area contributed by atoms with Crippen molar-refractivity contribution in [3.8, 4) is 11.3 Å².